The Balaban J connectivity index is 1.81. The topological polar surface area (TPSA) is 190 Å². The number of hydrogen-bond acceptors (Lipinski definition) is 12. The van der Waals surface area contributed by atoms with Gasteiger partial charge in [0.05, 0.1) is 42.5 Å². The van der Waals surface area contributed by atoms with E-state index in [1.165, 1.54) is 13.8 Å². The van der Waals surface area contributed by atoms with Gasteiger partial charge in [-0.15, -0.1) is 0 Å². The van der Waals surface area contributed by atoms with E-state index in [9.17, 15) is 49.3 Å². The van der Waals surface area contributed by atoms with Crippen molar-refractivity contribution < 1.29 is 58.4 Å². The van der Waals surface area contributed by atoms with E-state index in [0.29, 0.717) is 11.8 Å². The van der Waals surface area contributed by atoms with Crippen LogP contribution < -0.4 is 5.63 Å². The smallest absolute Gasteiger partial charge is 0.341 e. The van der Waals surface area contributed by atoms with Gasteiger partial charge in [0.1, 0.15) is 34.8 Å². The summed E-state index contributed by atoms with van der Waals surface area (Å²) in [7, 11) is 0. The summed E-state index contributed by atoms with van der Waals surface area (Å²) >= 11 is 0.543. The van der Waals surface area contributed by atoms with Crippen molar-refractivity contribution in [1.82, 2.24) is 0 Å². The van der Waals surface area contributed by atoms with Crippen LogP contribution in [-0.4, -0.2) is 96.5 Å². The summed E-state index contributed by atoms with van der Waals surface area (Å²) in [5.74, 6) is -4.03. The number of aliphatic hydroxyl groups is 7. The van der Waals surface area contributed by atoms with Gasteiger partial charge in [0.15, 0.2) is 11.6 Å². The maximum absolute atomic E-state index is 14.2. The molecular weight excluding hydrogens is 534 g/mol. The van der Waals surface area contributed by atoms with Gasteiger partial charge in [0, 0.05) is 18.4 Å². The molecule has 0 amide bonds. The minimum Gasteiger partial charge on any atom is -0.422 e. The van der Waals surface area contributed by atoms with Crippen molar-refractivity contribution in [2.24, 2.45) is 11.8 Å². The number of benzene rings is 1. The van der Waals surface area contributed by atoms with Crippen LogP contribution in [0.4, 0.5) is 8.78 Å². The van der Waals surface area contributed by atoms with E-state index in [1.807, 2.05) is 0 Å². The van der Waals surface area contributed by atoms with Gasteiger partial charge >= 0.3 is 5.63 Å². The Labute approximate surface area is 220 Å². The second-order valence-corrected chi connectivity index (χ2v) is 10.6. The Morgan fingerprint density at radius 1 is 1.11 bits per heavy atom. The van der Waals surface area contributed by atoms with Gasteiger partial charge in [0.25, 0.3) is 0 Å². The number of aliphatic hydroxyl groups excluding tert-OH is 7. The van der Waals surface area contributed by atoms with Crippen molar-refractivity contribution in [2.45, 2.75) is 68.0 Å². The first kappa shape index (κ1) is 30.8. The molecule has 11 nitrogen and oxygen atoms in total. The average Bonchev–Trinajstić information content (AvgIpc) is 2.90. The number of hydrogen-bond donors (Lipinski definition) is 7. The van der Waals surface area contributed by atoms with E-state index >= 15 is 0 Å². The number of thioether (sulfide) groups is 1. The Morgan fingerprint density at radius 3 is 2.42 bits per heavy atom. The Kier molecular flexibility index (Phi) is 10.6. The molecule has 214 valence electrons. The summed E-state index contributed by atoms with van der Waals surface area (Å²) in [5, 5.41) is 71.4. The SMILES string of the molecule is CC1C(O)[C@H](S[C@H](O)[C@H](O)C(OCc2cc3c(F)c(F)ccc3oc2=O)C(O)[C@H](C)CO)OC(CO)[C@@H]1O. The van der Waals surface area contributed by atoms with Crippen LogP contribution in [0.1, 0.15) is 19.4 Å². The van der Waals surface area contributed by atoms with Crippen LogP contribution in [0.2, 0.25) is 0 Å². The minimum atomic E-state index is -1.88. The van der Waals surface area contributed by atoms with Crippen LogP contribution in [0, 0.1) is 23.5 Å². The first-order valence-corrected chi connectivity index (χ1v) is 12.8. The third-order valence-electron chi connectivity index (χ3n) is 6.64. The third kappa shape index (κ3) is 6.53. The molecule has 1 aliphatic heterocycles. The Morgan fingerprint density at radius 2 is 1.79 bits per heavy atom. The van der Waals surface area contributed by atoms with Crippen molar-refractivity contribution in [2.75, 3.05) is 13.2 Å². The van der Waals surface area contributed by atoms with Crippen LogP contribution in [0.25, 0.3) is 11.0 Å². The van der Waals surface area contributed by atoms with Crippen LogP contribution in [0.3, 0.4) is 0 Å². The molecule has 0 radical (unpaired) electrons. The molecule has 1 aromatic heterocycles. The molecule has 0 saturated carbocycles. The van der Waals surface area contributed by atoms with E-state index in [4.69, 9.17) is 13.9 Å². The zero-order valence-corrected chi connectivity index (χ0v) is 21.4. The van der Waals surface area contributed by atoms with Crippen molar-refractivity contribution in [3.63, 3.8) is 0 Å². The number of ether oxygens (including phenoxy) is 2. The molecule has 1 aliphatic rings. The molecule has 0 spiro atoms. The predicted octanol–water partition coefficient (Wildman–Crippen LogP) is -0.567. The van der Waals surface area contributed by atoms with Crippen molar-refractivity contribution >= 4 is 22.7 Å². The van der Waals surface area contributed by atoms with E-state index in [-0.39, 0.29) is 16.5 Å². The highest BCUT2D eigenvalue weighted by molar-refractivity contribution is 8.00. The van der Waals surface area contributed by atoms with E-state index in [0.717, 1.165) is 18.2 Å². The average molecular weight is 567 g/mol. The molecule has 14 heteroatoms. The van der Waals surface area contributed by atoms with Gasteiger partial charge < -0.3 is 49.6 Å². The van der Waals surface area contributed by atoms with E-state index in [2.05, 4.69) is 0 Å². The number of fused-ring (bicyclic) bond motifs is 1. The number of rotatable bonds is 11. The molecule has 2 aromatic rings. The van der Waals surface area contributed by atoms with Crippen LogP contribution in [0.5, 0.6) is 0 Å². The van der Waals surface area contributed by atoms with Crippen molar-refractivity contribution in [1.29, 1.82) is 0 Å². The lowest BCUT2D eigenvalue weighted by Crippen LogP contribution is -2.54. The molecule has 2 heterocycles. The van der Waals surface area contributed by atoms with Gasteiger partial charge in [-0.25, -0.2) is 13.6 Å². The van der Waals surface area contributed by atoms with Gasteiger partial charge in [-0.3, -0.25) is 0 Å². The molecule has 1 fully saturated rings. The molecular formula is C24H32F2O11S. The summed E-state index contributed by atoms with van der Waals surface area (Å²) in [6, 6.07) is 2.88. The lowest BCUT2D eigenvalue weighted by Gasteiger charge is -2.42. The highest BCUT2D eigenvalue weighted by Crippen LogP contribution is 2.35. The fourth-order valence-electron chi connectivity index (χ4n) is 4.05. The molecule has 10 atom stereocenters. The normalized spacial score (nSPS) is 28.1. The zero-order valence-electron chi connectivity index (χ0n) is 20.6. The molecule has 0 bridgehead atoms. The number of halogens is 2. The molecule has 0 aliphatic carbocycles. The minimum absolute atomic E-state index is 0.207. The highest BCUT2D eigenvalue weighted by Gasteiger charge is 2.45. The lowest BCUT2D eigenvalue weighted by molar-refractivity contribution is -0.179. The molecule has 3 rings (SSSR count). The molecule has 38 heavy (non-hydrogen) atoms. The maximum atomic E-state index is 14.2. The Bertz CT molecular complexity index is 1130. The summed E-state index contributed by atoms with van der Waals surface area (Å²) < 4.78 is 43.8. The van der Waals surface area contributed by atoms with Gasteiger partial charge in [-0.2, -0.15) is 0 Å². The Hall–Kier alpha value is -1.72. The summed E-state index contributed by atoms with van der Waals surface area (Å²) in [6.07, 6.45) is -8.60. The van der Waals surface area contributed by atoms with Crippen molar-refractivity contribution in [3.05, 3.63) is 45.8 Å². The monoisotopic (exact) mass is 566 g/mol. The summed E-state index contributed by atoms with van der Waals surface area (Å²) in [4.78, 5) is 12.4. The quantitative estimate of drug-likeness (QED) is 0.136. The molecule has 1 saturated heterocycles. The van der Waals surface area contributed by atoms with Gasteiger partial charge in [-0.05, 0) is 18.2 Å². The van der Waals surface area contributed by atoms with Crippen LogP contribution in [0.15, 0.2) is 27.4 Å². The standard InChI is InChI=1S/C24H32F2O11S/c1-9(6-27)17(29)21(20(32)23(34)38-24-19(31)10(2)18(30)15(7-28)37-24)35-8-11-5-12-14(36-22(11)33)4-3-13(25)16(12)26/h3-5,9-10,15,17-21,23-24,27-32,34H,6-8H2,1-2H3/t9-,10?,15?,17?,18-,19?,20-,21?,23+,24+/m1/s1. The van der Waals surface area contributed by atoms with E-state index in [1.54, 1.807) is 0 Å². The van der Waals surface area contributed by atoms with Crippen LogP contribution in [-0.2, 0) is 16.1 Å². The fourth-order valence-corrected chi connectivity index (χ4v) is 5.26. The largest absolute Gasteiger partial charge is 0.422 e. The van der Waals surface area contributed by atoms with Gasteiger partial charge in [0.2, 0.25) is 0 Å². The molecule has 1 aromatic carbocycles. The maximum Gasteiger partial charge on any atom is 0.341 e. The van der Waals surface area contributed by atoms with E-state index < -0.39 is 96.4 Å². The second kappa shape index (κ2) is 13.1. The zero-order chi connectivity index (χ0) is 28.3. The lowest BCUT2D eigenvalue weighted by atomic mass is 9.92. The molecule has 5 unspecified atom stereocenters. The third-order valence-corrected chi connectivity index (χ3v) is 7.86. The summed E-state index contributed by atoms with van der Waals surface area (Å²) in [6.45, 7) is 1.20. The summed E-state index contributed by atoms with van der Waals surface area (Å²) in [5.41, 5.74) is -4.38. The predicted molar refractivity (Wildman–Crippen MR) is 130 cm³/mol. The van der Waals surface area contributed by atoms with Crippen molar-refractivity contribution in [3.8, 4) is 0 Å². The first-order valence-electron chi connectivity index (χ1n) is 11.9. The molecule has 7 N–H and O–H groups in total. The first-order chi connectivity index (χ1) is 17.9. The fraction of sp³-hybridized carbons (Fsp3) is 0.625. The second-order valence-electron chi connectivity index (χ2n) is 9.34. The van der Waals surface area contributed by atoms with Crippen LogP contribution >= 0.6 is 11.8 Å². The highest BCUT2D eigenvalue weighted by atomic mass is 32.2. The van der Waals surface area contributed by atoms with Gasteiger partial charge in [-0.1, -0.05) is 25.6 Å².